The first-order valence-electron chi connectivity index (χ1n) is 28.4. The lowest BCUT2D eigenvalue weighted by atomic mass is 9.85. The number of hydrogen-bond donors (Lipinski definition) is 4. The summed E-state index contributed by atoms with van der Waals surface area (Å²) in [7, 11) is -1.68. The number of amides is 2. The van der Waals surface area contributed by atoms with Gasteiger partial charge < -0.3 is 35.7 Å². The summed E-state index contributed by atoms with van der Waals surface area (Å²) in [6.07, 6.45) is 2.83. The second-order valence-corrected chi connectivity index (χ2v) is 19.1. The van der Waals surface area contributed by atoms with Gasteiger partial charge in [-0.2, -0.15) is 0 Å². The third kappa shape index (κ3) is 12.6. The number of carbonyl (C=O) groups is 4. The van der Waals surface area contributed by atoms with Gasteiger partial charge in [-0.05, 0) is 93.7 Å². The lowest BCUT2D eigenvalue weighted by Gasteiger charge is -2.30. The fraction of sp³-hybridized carbons (Fsp3) is 0.385. The SMILES string of the molecule is [2H]c1c([2H])c([2H])c([P+](CCCCCCNC2=C3C[C@@H](C)C[C@H](OC)[C@H](O)[C@@H](C)/C=C(\C)[C@H](OC(N)=O)[C@@H](OC)/C=C\C=C(/C)C(=O)NC(=CC2=O)C3=O)(c2c([2H])c([2H])c([2H])c([2H])c2[2H])c2c([2H])c([2H])c([2H])c([2H])c2[2H])c([2H])c1[2H]. The Hall–Kier alpha value is -5.45. The minimum absolute atomic E-state index is 0.00614. The van der Waals surface area contributed by atoms with Crippen LogP contribution in [0.25, 0.3) is 0 Å². The lowest BCUT2D eigenvalue weighted by Crippen LogP contribution is -2.38. The van der Waals surface area contributed by atoms with Crippen LogP contribution in [0.2, 0.25) is 0 Å². The van der Waals surface area contributed by atoms with Crippen LogP contribution in [-0.2, 0) is 28.6 Å². The average molecular weight is 906 g/mol. The van der Waals surface area contributed by atoms with Gasteiger partial charge in [-0.3, -0.25) is 14.4 Å². The van der Waals surface area contributed by atoms with E-state index in [4.69, 9.17) is 32.3 Å². The van der Waals surface area contributed by atoms with Gasteiger partial charge in [-0.15, -0.1) is 0 Å². The summed E-state index contributed by atoms with van der Waals surface area (Å²) in [4.78, 5) is 53.9. The highest BCUT2D eigenvalue weighted by molar-refractivity contribution is 7.95. The largest absolute Gasteiger partial charge is 0.439 e. The van der Waals surface area contributed by atoms with Gasteiger partial charge >= 0.3 is 6.09 Å². The van der Waals surface area contributed by atoms with E-state index in [1.165, 1.54) is 39.4 Å². The van der Waals surface area contributed by atoms with Crippen LogP contribution in [0.15, 0.2) is 149 Å². The minimum atomic E-state index is -4.48. The molecule has 0 spiro atoms. The molecular formula is C52H65N3O8P+. The fourth-order valence-corrected chi connectivity index (χ4v) is 11.3. The Balaban J connectivity index is 1.52. The number of Topliss-reactive ketones (excluding diaryl/α,β-unsaturated/α-hetero) is 1. The van der Waals surface area contributed by atoms with Gasteiger partial charge in [0.05, 0.1) is 50.3 Å². The van der Waals surface area contributed by atoms with E-state index in [0.29, 0.717) is 18.4 Å². The number of methoxy groups -OCH3 is 2. The second kappa shape index (κ2) is 24.0. The fourth-order valence-electron chi connectivity index (χ4n) is 7.79. The van der Waals surface area contributed by atoms with Crippen LogP contribution < -0.4 is 32.3 Å². The van der Waals surface area contributed by atoms with E-state index < -0.39 is 174 Å². The number of allylic oxidation sites excluding steroid dienone is 4. The molecule has 0 aromatic heterocycles. The summed E-state index contributed by atoms with van der Waals surface area (Å²) >= 11 is 0. The maximum absolute atomic E-state index is 14.4. The summed E-state index contributed by atoms with van der Waals surface area (Å²) in [6.45, 7) is 6.77. The number of rotatable bonds is 14. The van der Waals surface area contributed by atoms with E-state index in [1.807, 2.05) is 0 Å². The number of fused-ring (bicyclic) bond motifs is 2. The Morgan fingerprint density at radius 1 is 0.875 bits per heavy atom. The third-order valence-electron chi connectivity index (χ3n) is 11.1. The average Bonchev–Trinajstić information content (AvgIpc) is 3.41. The molecule has 5 N–H and O–H groups in total. The topological polar surface area (TPSA) is 166 Å². The highest BCUT2D eigenvalue weighted by Crippen LogP contribution is 2.56. The van der Waals surface area contributed by atoms with Crippen LogP contribution in [0.4, 0.5) is 4.79 Å². The molecule has 1 heterocycles. The summed E-state index contributed by atoms with van der Waals surface area (Å²) in [5.74, 6) is -2.99. The van der Waals surface area contributed by atoms with E-state index in [0.717, 1.165) is 6.08 Å². The summed E-state index contributed by atoms with van der Waals surface area (Å²) in [6, 6.07) is -12.6. The van der Waals surface area contributed by atoms with Crippen LogP contribution >= 0.6 is 7.26 Å². The van der Waals surface area contributed by atoms with Crippen LogP contribution in [0.1, 0.15) is 86.8 Å². The predicted octanol–water partition coefficient (Wildman–Crippen LogP) is 6.91. The number of primary amides is 1. The molecule has 3 aromatic rings. The molecule has 12 heteroatoms. The van der Waals surface area contributed by atoms with E-state index in [-0.39, 0.29) is 60.9 Å². The Morgan fingerprint density at radius 2 is 1.45 bits per heavy atom. The first-order valence-corrected chi connectivity index (χ1v) is 22.9. The first-order chi connectivity index (χ1) is 37.0. The molecule has 0 saturated heterocycles. The van der Waals surface area contributed by atoms with E-state index >= 15 is 0 Å². The number of benzene rings is 3. The number of ketones is 2. The lowest BCUT2D eigenvalue weighted by molar-refractivity contribution is -0.120. The van der Waals surface area contributed by atoms with Crippen molar-refractivity contribution in [2.75, 3.05) is 26.9 Å². The summed E-state index contributed by atoms with van der Waals surface area (Å²) in [5.41, 5.74) is 5.75. The third-order valence-corrected chi connectivity index (χ3v) is 15.1. The monoisotopic (exact) mass is 906 g/mol. The van der Waals surface area contributed by atoms with Crippen molar-refractivity contribution >= 4 is 46.7 Å². The zero-order chi connectivity index (χ0) is 59.3. The molecule has 2 bridgehead atoms. The number of aliphatic hydroxyl groups excluding tert-OH is 1. The standard InChI is InChI=1S/C52H64N3O8P/c1-35-31-42-47(54-29-18-7-8-19-30-64(39-22-12-9-13-23-39,40-24-14-10-15-25-40)41-26-16-11-17-27-41)44(56)34-43(49(42)58)55-51(59)36(2)21-20-28-45(61-5)50(63-52(53)60)38(4)33-37(3)48(57)46(32-35)62-6/h9-17,20-28,33-35,37,45-46,48,50,57H,7-8,18-19,29-32H2,1-6H3,(H3-,53,54,55,56,58,59,60)/p+1/b28-20-,36-21+,38-33+/t35-,37+,45+,46+,48-,50+/m1/s1/i9D,10D,11D,12D,13D,14D,15D,16D,17D,22D,23D,24D,25D,26D,27D. The number of nitrogens with one attached hydrogen (secondary N) is 2. The van der Waals surface area contributed by atoms with Crippen molar-refractivity contribution in [1.82, 2.24) is 10.6 Å². The smallest absolute Gasteiger partial charge is 0.405 e. The van der Waals surface area contributed by atoms with E-state index in [2.05, 4.69) is 10.6 Å². The molecule has 6 atom stereocenters. The molecule has 1 aliphatic carbocycles. The summed E-state index contributed by atoms with van der Waals surface area (Å²) < 4.78 is 149. The number of carbonyl (C=O) groups excluding carboxylic acids is 4. The molecular weight excluding hydrogens is 826 g/mol. The zero-order valence-corrected chi connectivity index (χ0v) is 37.7. The molecule has 11 nitrogen and oxygen atoms in total. The van der Waals surface area contributed by atoms with Crippen molar-refractivity contribution in [2.24, 2.45) is 17.6 Å². The minimum Gasteiger partial charge on any atom is -0.439 e. The maximum Gasteiger partial charge on any atom is 0.405 e. The van der Waals surface area contributed by atoms with Crippen molar-refractivity contribution in [3.05, 3.63) is 149 Å². The van der Waals surface area contributed by atoms with Crippen molar-refractivity contribution in [3.63, 3.8) is 0 Å². The molecule has 2 amide bonds. The van der Waals surface area contributed by atoms with Crippen LogP contribution in [0.3, 0.4) is 0 Å². The highest BCUT2D eigenvalue weighted by Gasteiger charge is 2.44. The van der Waals surface area contributed by atoms with Gasteiger partial charge in [0.1, 0.15) is 29.3 Å². The highest BCUT2D eigenvalue weighted by atomic mass is 31.2. The molecule has 5 rings (SSSR count). The zero-order valence-electron chi connectivity index (χ0n) is 51.8. The quantitative estimate of drug-likeness (QED) is 0.0583. The molecule has 3 aromatic carbocycles. The molecule has 340 valence electrons. The second-order valence-electron chi connectivity index (χ2n) is 15.7. The Morgan fingerprint density at radius 3 is 2.00 bits per heavy atom. The molecule has 0 unspecified atom stereocenters. The van der Waals surface area contributed by atoms with E-state index in [1.54, 1.807) is 26.8 Å². The van der Waals surface area contributed by atoms with Crippen molar-refractivity contribution in [2.45, 2.75) is 90.6 Å². The maximum atomic E-state index is 14.4. The van der Waals surface area contributed by atoms with Crippen LogP contribution in [0.5, 0.6) is 0 Å². The van der Waals surface area contributed by atoms with Crippen molar-refractivity contribution in [3.8, 4) is 0 Å². The molecule has 0 fully saturated rings. The summed E-state index contributed by atoms with van der Waals surface area (Å²) in [5, 5.41) is 15.6. The number of hydrogen-bond acceptors (Lipinski definition) is 9. The Kier molecular flexibility index (Phi) is 12.1. The van der Waals surface area contributed by atoms with Crippen molar-refractivity contribution in [1.29, 1.82) is 0 Å². The molecule has 64 heavy (non-hydrogen) atoms. The molecule has 0 radical (unpaired) electrons. The number of unbranched alkanes of at least 4 members (excludes halogenated alkanes) is 3. The van der Waals surface area contributed by atoms with Gasteiger partial charge in [0.2, 0.25) is 11.6 Å². The van der Waals surface area contributed by atoms with Crippen molar-refractivity contribution < 1.29 is 59.1 Å². The van der Waals surface area contributed by atoms with Gasteiger partial charge in [0.25, 0.3) is 5.91 Å². The number of nitrogens with two attached hydrogens (primary N) is 1. The van der Waals surface area contributed by atoms with Gasteiger partial charge in [0.15, 0.2) is 6.10 Å². The van der Waals surface area contributed by atoms with Gasteiger partial charge in [-0.1, -0.05) is 99.0 Å². The van der Waals surface area contributed by atoms with Crippen LogP contribution in [0, 0.1) is 11.8 Å². The Labute approximate surface area is 400 Å². The number of aliphatic hydroxyl groups is 1. The first kappa shape index (κ1) is 32.2. The van der Waals surface area contributed by atoms with E-state index in [9.17, 15) is 32.5 Å². The molecule has 1 aliphatic heterocycles. The van der Waals surface area contributed by atoms with Crippen LogP contribution in [-0.4, -0.2) is 80.0 Å². The van der Waals surface area contributed by atoms with Gasteiger partial charge in [0, 0.05) is 43.9 Å². The molecule has 2 aliphatic rings. The number of ether oxygens (including phenoxy) is 3. The predicted molar refractivity (Wildman–Crippen MR) is 256 cm³/mol. The molecule has 0 saturated carbocycles. The normalized spacial score (nSPS) is 28.3. The Bertz CT molecular complexity index is 2840. The van der Waals surface area contributed by atoms with Gasteiger partial charge in [-0.25, -0.2) is 4.79 Å².